The van der Waals surface area contributed by atoms with E-state index in [4.69, 9.17) is 14.2 Å². The number of Topliss-reactive ketones (excluding diaryl/α,β-unsaturated/α-hetero) is 1. The molecule has 7 nitrogen and oxygen atoms in total. The van der Waals surface area contributed by atoms with E-state index >= 15 is 0 Å². The number of rotatable bonds is 7. The minimum Gasteiger partial charge on any atom is -0.497 e. The molecular weight excluding hydrogens is 444 g/mol. The molecule has 0 spiro atoms. The summed E-state index contributed by atoms with van der Waals surface area (Å²) in [5.74, 6) is 0.563. The van der Waals surface area contributed by atoms with Crippen LogP contribution in [0, 0.1) is 0 Å². The number of ketones is 1. The number of allylic oxidation sites excluding steroid dienone is 7. The number of nitrogens with zero attached hydrogens (tertiary/aromatic N) is 1. The summed E-state index contributed by atoms with van der Waals surface area (Å²) < 4.78 is 15.9. The average Bonchev–Trinajstić information content (AvgIpc) is 3.13. The molecule has 4 rings (SSSR count). The topological polar surface area (TPSA) is 86.8 Å². The summed E-state index contributed by atoms with van der Waals surface area (Å²) in [4.78, 5) is 29.4. The van der Waals surface area contributed by atoms with Crippen molar-refractivity contribution >= 4 is 22.8 Å². The first-order valence-corrected chi connectivity index (χ1v) is 11.0. The monoisotopic (exact) mass is 470 g/mol. The van der Waals surface area contributed by atoms with Gasteiger partial charge in [0.2, 0.25) is 5.91 Å². The van der Waals surface area contributed by atoms with Gasteiger partial charge in [-0.15, -0.1) is 0 Å². The van der Waals surface area contributed by atoms with Crippen molar-refractivity contribution in [1.29, 1.82) is 0 Å². The number of fused-ring (bicyclic) bond motifs is 1. The lowest BCUT2D eigenvalue weighted by atomic mass is 9.99. The van der Waals surface area contributed by atoms with Crippen LogP contribution in [0.2, 0.25) is 0 Å². The van der Waals surface area contributed by atoms with Crippen LogP contribution in [0.1, 0.15) is 23.7 Å². The van der Waals surface area contributed by atoms with Gasteiger partial charge in [0.25, 0.3) is 5.78 Å². The lowest BCUT2D eigenvalue weighted by Crippen LogP contribution is -2.21. The van der Waals surface area contributed by atoms with Gasteiger partial charge in [-0.3, -0.25) is 14.6 Å². The molecule has 2 aromatic rings. The molecule has 178 valence electrons. The molecule has 0 bridgehead atoms. The Bertz CT molecular complexity index is 1300. The van der Waals surface area contributed by atoms with Crippen molar-refractivity contribution < 1.29 is 23.8 Å². The standard InChI is InChI=1S/C28H26N2O5/c1-17-22(11-18-12-25(34-3)28(32)26(13-18)35-4)21-9-8-20(33-2)14-24(21)23(17)15-27(31)30-16-19-7-5-6-10-29-19/h5-15H,16H2,1-4H3,(H,30,31). The number of carbonyl (C=O) groups is 2. The molecule has 1 aromatic heterocycles. The third-order valence-corrected chi connectivity index (χ3v) is 5.85. The fourth-order valence-corrected chi connectivity index (χ4v) is 4.04. The minimum absolute atomic E-state index is 0.200. The lowest BCUT2D eigenvalue weighted by molar-refractivity contribution is -0.118. The van der Waals surface area contributed by atoms with E-state index in [1.807, 2.05) is 49.4 Å². The fourth-order valence-electron chi connectivity index (χ4n) is 4.04. The Balaban J connectivity index is 1.73. The van der Waals surface area contributed by atoms with E-state index in [0.717, 1.165) is 39.1 Å². The van der Waals surface area contributed by atoms with E-state index < -0.39 is 0 Å². The molecule has 0 saturated heterocycles. The number of carbonyl (C=O) groups excluding carboxylic acids is 2. The van der Waals surface area contributed by atoms with Crippen LogP contribution in [-0.4, -0.2) is 38.0 Å². The van der Waals surface area contributed by atoms with Crippen LogP contribution in [0.3, 0.4) is 0 Å². The van der Waals surface area contributed by atoms with E-state index in [-0.39, 0.29) is 23.2 Å². The number of methoxy groups -OCH3 is 3. The lowest BCUT2D eigenvalue weighted by Gasteiger charge is -2.14. The quantitative estimate of drug-likeness (QED) is 0.612. The van der Waals surface area contributed by atoms with Gasteiger partial charge in [-0.1, -0.05) is 12.1 Å². The molecule has 0 saturated carbocycles. The maximum atomic E-state index is 12.8. The van der Waals surface area contributed by atoms with E-state index in [0.29, 0.717) is 12.3 Å². The maximum Gasteiger partial charge on any atom is 0.261 e. The first-order chi connectivity index (χ1) is 16.9. The zero-order valence-electron chi connectivity index (χ0n) is 20.0. The van der Waals surface area contributed by atoms with Gasteiger partial charge in [-0.05, 0) is 82.8 Å². The van der Waals surface area contributed by atoms with Crippen molar-refractivity contribution in [3.05, 3.63) is 106 Å². The highest BCUT2D eigenvalue weighted by Gasteiger charge is 2.26. The summed E-state index contributed by atoms with van der Waals surface area (Å²) >= 11 is 0. The number of hydrogen-bond donors (Lipinski definition) is 1. The van der Waals surface area contributed by atoms with Crippen LogP contribution in [0.5, 0.6) is 5.75 Å². The maximum absolute atomic E-state index is 12.8. The summed E-state index contributed by atoms with van der Waals surface area (Å²) in [6.07, 6.45) is 8.60. The van der Waals surface area contributed by atoms with Gasteiger partial charge in [0.15, 0.2) is 11.5 Å². The SMILES string of the molecule is COC1=CC(=CC2=C(C)C(=CC(=O)NCc3ccccn3)c3cc(OC)ccc32)C=C(OC)C1=O. The molecular formula is C28H26N2O5. The van der Waals surface area contributed by atoms with Crippen molar-refractivity contribution in [2.75, 3.05) is 21.3 Å². The van der Waals surface area contributed by atoms with Crippen LogP contribution >= 0.6 is 0 Å². The molecule has 2 aliphatic rings. The van der Waals surface area contributed by atoms with Gasteiger partial charge in [-0.2, -0.15) is 0 Å². The first kappa shape index (κ1) is 23.8. The van der Waals surface area contributed by atoms with Crippen LogP contribution in [0.15, 0.2) is 89.6 Å². The predicted octanol–water partition coefficient (Wildman–Crippen LogP) is 4.15. The molecule has 0 atom stereocenters. The van der Waals surface area contributed by atoms with Crippen LogP contribution in [-0.2, 0) is 25.6 Å². The van der Waals surface area contributed by atoms with E-state index in [2.05, 4.69) is 10.3 Å². The summed E-state index contributed by atoms with van der Waals surface area (Å²) in [5.41, 5.74) is 6.01. The molecule has 0 unspecified atom stereocenters. The Morgan fingerprint density at radius 3 is 2.37 bits per heavy atom. The number of pyridine rings is 1. The van der Waals surface area contributed by atoms with Gasteiger partial charge in [0, 0.05) is 12.3 Å². The molecule has 35 heavy (non-hydrogen) atoms. The first-order valence-electron chi connectivity index (χ1n) is 11.0. The van der Waals surface area contributed by atoms with Crippen LogP contribution in [0.25, 0.3) is 11.1 Å². The Kier molecular flexibility index (Phi) is 6.96. The van der Waals surface area contributed by atoms with Crippen LogP contribution in [0.4, 0.5) is 0 Å². The second-order valence-electron chi connectivity index (χ2n) is 7.95. The molecule has 1 aromatic carbocycles. The number of ether oxygens (including phenoxy) is 3. The molecule has 0 radical (unpaired) electrons. The fraction of sp³-hybridized carbons (Fsp3) is 0.179. The number of amides is 1. The van der Waals surface area contributed by atoms with Gasteiger partial charge in [0.1, 0.15) is 5.75 Å². The van der Waals surface area contributed by atoms with Crippen LogP contribution < -0.4 is 10.1 Å². The molecule has 2 aliphatic carbocycles. The summed E-state index contributed by atoms with van der Waals surface area (Å²) in [7, 11) is 4.51. The predicted molar refractivity (Wildman–Crippen MR) is 133 cm³/mol. The summed E-state index contributed by atoms with van der Waals surface area (Å²) in [6, 6.07) is 11.3. The second kappa shape index (κ2) is 10.3. The van der Waals surface area contributed by atoms with Gasteiger partial charge < -0.3 is 19.5 Å². The van der Waals surface area contributed by atoms with Crippen molar-refractivity contribution in [2.45, 2.75) is 13.5 Å². The van der Waals surface area contributed by atoms with E-state index in [1.165, 1.54) is 14.2 Å². The molecule has 1 amide bonds. The number of hydrogen-bond acceptors (Lipinski definition) is 6. The van der Waals surface area contributed by atoms with E-state index in [9.17, 15) is 9.59 Å². The van der Waals surface area contributed by atoms with Crippen molar-refractivity contribution in [3.8, 4) is 5.75 Å². The van der Waals surface area contributed by atoms with Gasteiger partial charge in [0.05, 0.1) is 33.6 Å². The second-order valence-corrected chi connectivity index (χ2v) is 7.95. The summed E-state index contributed by atoms with van der Waals surface area (Å²) in [5, 5.41) is 2.90. The third-order valence-electron chi connectivity index (χ3n) is 5.85. The zero-order valence-corrected chi connectivity index (χ0v) is 20.0. The molecule has 0 aliphatic heterocycles. The normalized spacial score (nSPS) is 15.9. The number of aromatic nitrogens is 1. The van der Waals surface area contributed by atoms with E-state index in [1.54, 1.807) is 31.5 Å². The van der Waals surface area contributed by atoms with Gasteiger partial charge in [-0.25, -0.2) is 0 Å². The van der Waals surface area contributed by atoms with Gasteiger partial charge >= 0.3 is 0 Å². The number of benzene rings is 1. The van der Waals surface area contributed by atoms with Crippen molar-refractivity contribution in [3.63, 3.8) is 0 Å². The molecule has 1 heterocycles. The highest BCUT2D eigenvalue weighted by atomic mass is 16.5. The van der Waals surface area contributed by atoms with Crippen molar-refractivity contribution in [2.24, 2.45) is 0 Å². The summed E-state index contributed by atoms with van der Waals surface area (Å²) in [6.45, 7) is 2.30. The largest absolute Gasteiger partial charge is 0.497 e. The van der Waals surface area contributed by atoms with Crippen molar-refractivity contribution in [1.82, 2.24) is 10.3 Å². The Labute approximate surface area is 204 Å². The Morgan fingerprint density at radius 1 is 1.00 bits per heavy atom. The highest BCUT2D eigenvalue weighted by Crippen LogP contribution is 2.44. The highest BCUT2D eigenvalue weighted by molar-refractivity contribution is 6.10. The minimum atomic E-state index is -0.306. The Hall–Kier alpha value is -4.39. The Morgan fingerprint density at radius 2 is 1.74 bits per heavy atom. The molecule has 7 heteroatoms. The third kappa shape index (κ3) is 4.94. The number of nitrogens with one attached hydrogen (secondary N) is 1. The molecule has 0 fully saturated rings. The zero-order chi connectivity index (χ0) is 24.9. The average molecular weight is 471 g/mol. The smallest absolute Gasteiger partial charge is 0.261 e. The molecule has 1 N–H and O–H groups in total.